The first-order valence-electron chi connectivity index (χ1n) is 5.67. The zero-order valence-electron chi connectivity index (χ0n) is 9.83. The van der Waals surface area contributed by atoms with Crippen LogP contribution < -0.4 is 5.43 Å². The minimum absolute atomic E-state index is 0.0161. The maximum Gasteiger partial charge on any atom is 0.240 e. The normalized spacial score (nSPS) is 19.5. The smallest absolute Gasteiger partial charge is 0.240 e. The predicted octanol–water partition coefficient (Wildman–Crippen LogP) is 1.79. The van der Waals surface area contributed by atoms with Gasteiger partial charge in [-0.2, -0.15) is 5.10 Å². The molecular weight excluding hydrogens is 248 g/mol. The van der Waals surface area contributed by atoms with E-state index in [-0.39, 0.29) is 11.8 Å². The number of hydrogen-bond donors (Lipinski definition) is 1. The third kappa shape index (κ3) is 1.95. The van der Waals surface area contributed by atoms with E-state index in [2.05, 4.69) is 27.0 Å². The minimum atomic E-state index is -0.0161. The van der Waals surface area contributed by atoms with Gasteiger partial charge in [-0.3, -0.25) is 4.79 Å². The highest BCUT2D eigenvalue weighted by Crippen LogP contribution is 2.24. The highest BCUT2D eigenvalue weighted by Gasteiger charge is 2.22. The Morgan fingerprint density at radius 3 is 3.17 bits per heavy atom. The molecule has 3 heterocycles. The first-order valence-corrected chi connectivity index (χ1v) is 6.55. The van der Waals surface area contributed by atoms with E-state index in [0.717, 1.165) is 16.3 Å². The van der Waals surface area contributed by atoms with Crippen LogP contribution in [0, 0.1) is 5.92 Å². The maximum atomic E-state index is 11.2. The average molecular weight is 260 g/mol. The molecule has 1 aliphatic heterocycles. The van der Waals surface area contributed by atoms with E-state index >= 15 is 0 Å². The number of amides is 1. The second kappa shape index (κ2) is 4.38. The highest BCUT2D eigenvalue weighted by molar-refractivity contribution is 7.12. The van der Waals surface area contributed by atoms with Crippen LogP contribution in [0.3, 0.4) is 0 Å². The Hall–Kier alpha value is -1.95. The Kier molecular flexibility index (Phi) is 2.71. The van der Waals surface area contributed by atoms with E-state index in [1.54, 1.807) is 23.9 Å². The van der Waals surface area contributed by atoms with Gasteiger partial charge in [-0.1, -0.05) is 6.92 Å². The number of carbonyl (C=O) groups excluding carboxylic acids is 1. The highest BCUT2D eigenvalue weighted by atomic mass is 32.1. The lowest BCUT2D eigenvalue weighted by Gasteiger charge is -2.17. The molecule has 5 nitrogen and oxygen atoms in total. The van der Waals surface area contributed by atoms with E-state index in [9.17, 15) is 4.79 Å². The lowest BCUT2D eigenvalue weighted by atomic mass is 9.99. The SMILES string of the molecule is CC1CC(=O)NN=C1c1cc(-n2ccnc2)cs1. The second-order valence-electron chi connectivity index (χ2n) is 4.28. The fraction of sp³-hybridized carbons (Fsp3) is 0.250. The third-order valence-electron chi connectivity index (χ3n) is 2.90. The Labute approximate surface area is 108 Å². The van der Waals surface area contributed by atoms with Gasteiger partial charge in [0.15, 0.2) is 0 Å². The van der Waals surface area contributed by atoms with Crippen LogP contribution >= 0.6 is 11.3 Å². The van der Waals surface area contributed by atoms with Crippen LogP contribution in [0.1, 0.15) is 18.2 Å². The molecule has 1 N–H and O–H groups in total. The number of imidazole rings is 1. The van der Waals surface area contributed by atoms with Crippen LogP contribution in [-0.2, 0) is 4.79 Å². The average Bonchev–Trinajstić information content (AvgIpc) is 2.99. The molecule has 0 aromatic carbocycles. The maximum absolute atomic E-state index is 11.2. The van der Waals surface area contributed by atoms with E-state index in [1.807, 2.05) is 17.7 Å². The van der Waals surface area contributed by atoms with Gasteiger partial charge in [-0.15, -0.1) is 11.3 Å². The van der Waals surface area contributed by atoms with Crippen molar-refractivity contribution in [1.29, 1.82) is 0 Å². The summed E-state index contributed by atoms with van der Waals surface area (Å²) in [5.41, 5.74) is 4.56. The molecule has 1 atom stereocenters. The Morgan fingerprint density at radius 2 is 2.44 bits per heavy atom. The van der Waals surface area contributed by atoms with Gasteiger partial charge in [0.2, 0.25) is 5.91 Å². The number of nitrogens with zero attached hydrogens (tertiary/aromatic N) is 3. The molecule has 0 radical (unpaired) electrons. The summed E-state index contributed by atoms with van der Waals surface area (Å²) in [5, 5.41) is 6.22. The fourth-order valence-corrected chi connectivity index (χ4v) is 2.95. The molecule has 0 fully saturated rings. The Balaban J connectivity index is 1.92. The van der Waals surface area contributed by atoms with Crippen molar-refractivity contribution < 1.29 is 4.79 Å². The molecule has 2 aromatic heterocycles. The van der Waals surface area contributed by atoms with Crippen molar-refractivity contribution >= 4 is 23.0 Å². The molecule has 18 heavy (non-hydrogen) atoms. The number of rotatable bonds is 2. The Morgan fingerprint density at radius 1 is 1.56 bits per heavy atom. The molecule has 1 amide bonds. The molecular formula is C12H12N4OS. The molecule has 3 rings (SSSR count). The summed E-state index contributed by atoms with van der Waals surface area (Å²) in [6.45, 7) is 2.02. The Bertz CT molecular complexity index is 599. The minimum Gasteiger partial charge on any atom is -0.305 e. The van der Waals surface area contributed by atoms with Crippen LogP contribution in [0.4, 0.5) is 0 Å². The van der Waals surface area contributed by atoms with Crippen LogP contribution in [0.15, 0.2) is 35.3 Å². The first kappa shape index (κ1) is 11.2. The van der Waals surface area contributed by atoms with Crippen molar-refractivity contribution in [1.82, 2.24) is 15.0 Å². The number of nitrogens with one attached hydrogen (secondary N) is 1. The molecule has 0 aliphatic carbocycles. The molecule has 0 spiro atoms. The van der Waals surface area contributed by atoms with Crippen molar-refractivity contribution in [2.45, 2.75) is 13.3 Å². The third-order valence-corrected chi connectivity index (χ3v) is 3.84. The van der Waals surface area contributed by atoms with Gasteiger partial charge < -0.3 is 4.57 Å². The quantitative estimate of drug-likeness (QED) is 0.895. The predicted molar refractivity (Wildman–Crippen MR) is 69.9 cm³/mol. The van der Waals surface area contributed by atoms with Crippen molar-refractivity contribution in [3.8, 4) is 5.69 Å². The molecule has 6 heteroatoms. The van der Waals surface area contributed by atoms with Crippen LogP contribution in [0.25, 0.3) is 5.69 Å². The summed E-state index contributed by atoms with van der Waals surface area (Å²) in [6, 6.07) is 2.07. The molecule has 92 valence electrons. The van der Waals surface area contributed by atoms with Gasteiger partial charge in [0.05, 0.1) is 22.6 Å². The molecule has 0 bridgehead atoms. The fourth-order valence-electron chi connectivity index (χ4n) is 1.96. The van der Waals surface area contributed by atoms with E-state index < -0.39 is 0 Å². The van der Waals surface area contributed by atoms with Crippen LogP contribution in [-0.4, -0.2) is 21.2 Å². The largest absolute Gasteiger partial charge is 0.305 e. The van der Waals surface area contributed by atoms with E-state index in [0.29, 0.717) is 6.42 Å². The summed E-state index contributed by atoms with van der Waals surface area (Å²) < 4.78 is 1.95. The van der Waals surface area contributed by atoms with Gasteiger partial charge in [-0.25, -0.2) is 10.4 Å². The van der Waals surface area contributed by atoms with Gasteiger partial charge in [0.1, 0.15) is 0 Å². The van der Waals surface area contributed by atoms with Crippen molar-refractivity contribution in [3.63, 3.8) is 0 Å². The van der Waals surface area contributed by atoms with Gasteiger partial charge >= 0.3 is 0 Å². The van der Waals surface area contributed by atoms with E-state index in [4.69, 9.17) is 0 Å². The van der Waals surface area contributed by atoms with Gasteiger partial charge in [0, 0.05) is 30.1 Å². The summed E-state index contributed by atoms with van der Waals surface area (Å²) in [5.74, 6) is 0.144. The van der Waals surface area contributed by atoms with Crippen molar-refractivity contribution in [3.05, 3.63) is 35.0 Å². The summed E-state index contributed by atoms with van der Waals surface area (Å²) in [7, 11) is 0. The zero-order chi connectivity index (χ0) is 12.5. The number of thiophene rings is 1. The summed E-state index contributed by atoms with van der Waals surface area (Å²) in [6.07, 6.45) is 5.91. The number of hydrazone groups is 1. The molecule has 1 unspecified atom stereocenters. The van der Waals surface area contributed by atoms with Gasteiger partial charge in [0.25, 0.3) is 0 Å². The summed E-state index contributed by atoms with van der Waals surface area (Å²) >= 11 is 1.63. The van der Waals surface area contributed by atoms with E-state index in [1.165, 1.54) is 0 Å². The number of hydrogen-bond acceptors (Lipinski definition) is 4. The lowest BCUT2D eigenvalue weighted by Crippen LogP contribution is -2.31. The zero-order valence-corrected chi connectivity index (χ0v) is 10.6. The lowest BCUT2D eigenvalue weighted by molar-refractivity contribution is -0.121. The summed E-state index contributed by atoms with van der Waals surface area (Å²) in [4.78, 5) is 16.3. The molecule has 0 saturated heterocycles. The van der Waals surface area contributed by atoms with Gasteiger partial charge in [-0.05, 0) is 6.07 Å². The second-order valence-corrected chi connectivity index (χ2v) is 5.19. The van der Waals surface area contributed by atoms with Crippen LogP contribution in [0.5, 0.6) is 0 Å². The molecule has 2 aromatic rings. The molecule has 1 aliphatic rings. The number of aromatic nitrogens is 2. The van der Waals surface area contributed by atoms with Crippen molar-refractivity contribution in [2.24, 2.45) is 11.0 Å². The number of carbonyl (C=O) groups is 1. The standard InChI is InChI=1S/C12H12N4OS/c1-8-4-11(17)14-15-12(8)10-5-9(6-18-10)16-3-2-13-7-16/h2-3,5-8H,4H2,1H3,(H,14,17). The first-order chi connectivity index (χ1) is 8.74. The van der Waals surface area contributed by atoms with Crippen molar-refractivity contribution in [2.75, 3.05) is 0 Å². The monoisotopic (exact) mass is 260 g/mol. The topological polar surface area (TPSA) is 59.3 Å². The molecule has 0 saturated carbocycles. The van der Waals surface area contributed by atoms with Crippen LogP contribution in [0.2, 0.25) is 0 Å².